The molecule has 2 aromatic heterocycles. The van der Waals surface area contributed by atoms with Crippen molar-refractivity contribution in [3.63, 3.8) is 0 Å². The lowest BCUT2D eigenvalue weighted by molar-refractivity contribution is -0.137. The standard InChI is InChI=1S/C20H14F3N5/c21-20(22,23)13-4-6-14(7-5-13)28-19-15(2-1-9-25-19)12-3-8-17-16(10-12)18(24)27-11-26-17/h1-11H,(H,25,28)(H2,24,26,27). The van der Waals surface area contributed by atoms with Gasteiger partial charge in [-0.15, -0.1) is 0 Å². The third-order valence-electron chi connectivity index (χ3n) is 4.26. The van der Waals surface area contributed by atoms with Gasteiger partial charge in [0.05, 0.1) is 11.1 Å². The first-order chi connectivity index (χ1) is 13.4. The molecule has 5 nitrogen and oxygen atoms in total. The fourth-order valence-corrected chi connectivity index (χ4v) is 2.86. The van der Waals surface area contributed by atoms with Gasteiger partial charge < -0.3 is 11.1 Å². The number of halogens is 3. The van der Waals surface area contributed by atoms with E-state index < -0.39 is 11.7 Å². The molecule has 0 aliphatic rings. The van der Waals surface area contributed by atoms with Gasteiger partial charge in [-0.05, 0) is 54.1 Å². The van der Waals surface area contributed by atoms with E-state index in [4.69, 9.17) is 5.73 Å². The molecule has 0 atom stereocenters. The lowest BCUT2D eigenvalue weighted by Crippen LogP contribution is -2.04. The summed E-state index contributed by atoms with van der Waals surface area (Å²) >= 11 is 0. The molecule has 0 unspecified atom stereocenters. The number of rotatable bonds is 3. The van der Waals surface area contributed by atoms with Gasteiger partial charge in [0.1, 0.15) is 18.0 Å². The Morgan fingerprint density at radius 3 is 2.43 bits per heavy atom. The number of fused-ring (bicyclic) bond motifs is 1. The number of anilines is 3. The van der Waals surface area contributed by atoms with Crippen LogP contribution in [0.3, 0.4) is 0 Å². The van der Waals surface area contributed by atoms with Crippen LogP contribution in [0.25, 0.3) is 22.0 Å². The molecule has 0 saturated heterocycles. The van der Waals surface area contributed by atoms with E-state index in [0.29, 0.717) is 22.7 Å². The number of pyridine rings is 1. The molecule has 0 aliphatic heterocycles. The molecule has 0 radical (unpaired) electrons. The fraction of sp³-hybridized carbons (Fsp3) is 0.0500. The summed E-state index contributed by atoms with van der Waals surface area (Å²) in [6.45, 7) is 0. The van der Waals surface area contributed by atoms with Crippen LogP contribution in [0.15, 0.2) is 67.1 Å². The van der Waals surface area contributed by atoms with Gasteiger partial charge in [-0.1, -0.05) is 6.07 Å². The second-order valence-corrected chi connectivity index (χ2v) is 6.09. The van der Waals surface area contributed by atoms with Crippen molar-refractivity contribution in [1.82, 2.24) is 15.0 Å². The van der Waals surface area contributed by atoms with Gasteiger partial charge in [-0.2, -0.15) is 13.2 Å². The topological polar surface area (TPSA) is 76.7 Å². The number of nitrogens with zero attached hydrogens (tertiary/aromatic N) is 3. The number of alkyl halides is 3. The quantitative estimate of drug-likeness (QED) is 0.520. The summed E-state index contributed by atoms with van der Waals surface area (Å²) in [5.41, 5.74) is 8.05. The van der Waals surface area contributed by atoms with Crippen LogP contribution in [0, 0.1) is 0 Å². The number of hydrogen-bond donors (Lipinski definition) is 2. The maximum atomic E-state index is 12.7. The van der Waals surface area contributed by atoms with Crippen molar-refractivity contribution in [3.8, 4) is 11.1 Å². The highest BCUT2D eigenvalue weighted by molar-refractivity contribution is 5.93. The molecule has 0 aliphatic carbocycles. The Bertz CT molecular complexity index is 1140. The number of hydrogen-bond acceptors (Lipinski definition) is 5. The van der Waals surface area contributed by atoms with E-state index in [1.165, 1.54) is 18.5 Å². The first-order valence-corrected chi connectivity index (χ1v) is 8.32. The summed E-state index contributed by atoms with van der Waals surface area (Å²) in [4.78, 5) is 12.5. The number of nitrogens with one attached hydrogen (secondary N) is 1. The van der Waals surface area contributed by atoms with Crippen molar-refractivity contribution < 1.29 is 13.2 Å². The fourth-order valence-electron chi connectivity index (χ4n) is 2.86. The van der Waals surface area contributed by atoms with Gasteiger partial charge in [0.15, 0.2) is 0 Å². The Hall–Kier alpha value is -3.68. The molecular weight excluding hydrogens is 367 g/mol. The molecule has 0 bridgehead atoms. The van der Waals surface area contributed by atoms with Gasteiger partial charge in [0.25, 0.3) is 0 Å². The van der Waals surface area contributed by atoms with Crippen LogP contribution < -0.4 is 11.1 Å². The highest BCUT2D eigenvalue weighted by atomic mass is 19.4. The molecule has 140 valence electrons. The first-order valence-electron chi connectivity index (χ1n) is 8.32. The van der Waals surface area contributed by atoms with Gasteiger partial charge >= 0.3 is 6.18 Å². The SMILES string of the molecule is Nc1ncnc2ccc(-c3cccnc3Nc3ccc(C(F)(F)F)cc3)cc12. The largest absolute Gasteiger partial charge is 0.416 e. The maximum Gasteiger partial charge on any atom is 0.416 e. The monoisotopic (exact) mass is 381 g/mol. The zero-order valence-electron chi connectivity index (χ0n) is 14.4. The van der Waals surface area contributed by atoms with Gasteiger partial charge in [0, 0.05) is 22.8 Å². The number of benzene rings is 2. The van der Waals surface area contributed by atoms with Crippen LogP contribution in [0.1, 0.15) is 5.56 Å². The van der Waals surface area contributed by atoms with E-state index in [1.807, 2.05) is 24.3 Å². The molecule has 2 aromatic carbocycles. The highest BCUT2D eigenvalue weighted by Gasteiger charge is 2.29. The summed E-state index contributed by atoms with van der Waals surface area (Å²) in [5, 5.41) is 3.78. The average Bonchev–Trinajstić information content (AvgIpc) is 2.68. The Labute approximate surface area is 158 Å². The van der Waals surface area contributed by atoms with Crippen LogP contribution in [-0.2, 0) is 6.18 Å². The third kappa shape index (κ3) is 3.44. The molecule has 2 heterocycles. The maximum absolute atomic E-state index is 12.7. The molecule has 0 fully saturated rings. The van der Waals surface area contributed by atoms with Crippen molar-refractivity contribution in [3.05, 3.63) is 72.7 Å². The minimum absolute atomic E-state index is 0.369. The van der Waals surface area contributed by atoms with E-state index in [-0.39, 0.29) is 0 Å². The molecule has 0 spiro atoms. The summed E-state index contributed by atoms with van der Waals surface area (Å²) < 4.78 is 38.2. The summed E-state index contributed by atoms with van der Waals surface area (Å²) in [5.74, 6) is 0.880. The minimum atomic E-state index is -4.37. The molecule has 0 saturated carbocycles. The van der Waals surface area contributed by atoms with Crippen molar-refractivity contribution in [2.24, 2.45) is 0 Å². The van der Waals surface area contributed by atoms with Crippen LogP contribution in [0.5, 0.6) is 0 Å². The Morgan fingerprint density at radius 1 is 0.893 bits per heavy atom. The molecule has 0 amide bonds. The molecule has 8 heteroatoms. The van der Waals surface area contributed by atoms with Crippen molar-refractivity contribution in [2.75, 3.05) is 11.1 Å². The normalized spacial score (nSPS) is 11.5. The Kier molecular flexibility index (Phi) is 4.31. The van der Waals surface area contributed by atoms with Crippen LogP contribution in [0.2, 0.25) is 0 Å². The Balaban J connectivity index is 1.71. The lowest BCUT2D eigenvalue weighted by Gasteiger charge is -2.13. The zero-order chi connectivity index (χ0) is 19.7. The number of nitrogen functional groups attached to an aromatic ring is 1. The van der Waals surface area contributed by atoms with Crippen LogP contribution in [0.4, 0.5) is 30.5 Å². The smallest absolute Gasteiger partial charge is 0.383 e. The molecule has 4 rings (SSSR count). The molecule has 4 aromatic rings. The predicted molar refractivity (Wildman–Crippen MR) is 102 cm³/mol. The van der Waals surface area contributed by atoms with Crippen LogP contribution >= 0.6 is 0 Å². The average molecular weight is 381 g/mol. The third-order valence-corrected chi connectivity index (χ3v) is 4.26. The number of nitrogens with two attached hydrogens (primary N) is 1. The molecule has 3 N–H and O–H groups in total. The minimum Gasteiger partial charge on any atom is -0.383 e. The molecule has 28 heavy (non-hydrogen) atoms. The van der Waals surface area contributed by atoms with Gasteiger partial charge in [0.2, 0.25) is 0 Å². The van der Waals surface area contributed by atoms with E-state index in [1.54, 1.807) is 12.3 Å². The van der Waals surface area contributed by atoms with Gasteiger partial charge in [-0.3, -0.25) is 0 Å². The van der Waals surface area contributed by atoms with E-state index in [2.05, 4.69) is 20.3 Å². The second-order valence-electron chi connectivity index (χ2n) is 6.09. The zero-order valence-corrected chi connectivity index (χ0v) is 14.4. The summed E-state index contributed by atoms with van der Waals surface area (Å²) in [6, 6.07) is 14.0. The summed E-state index contributed by atoms with van der Waals surface area (Å²) in [7, 11) is 0. The van der Waals surface area contributed by atoms with Crippen molar-refractivity contribution in [2.45, 2.75) is 6.18 Å². The second kappa shape index (κ2) is 6.80. The van der Waals surface area contributed by atoms with Crippen LogP contribution in [-0.4, -0.2) is 15.0 Å². The van der Waals surface area contributed by atoms with E-state index in [0.717, 1.165) is 28.8 Å². The van der Waals surface area contributed by atoms with Crippen molar-refractivity contribution >= 4 is 28.2 Å². The summed E-state index contributed by atoms with van der Waals surface area (Å²) in [6.07, 6.45) is -1.37. The van der Waals surface area contributed by atoms with Gasteiger partial charge in [-0.25, -0.2) is 15.0 Å². The van der Waals surface area contributed by atoms with E-state index in [9.17, 15) is 13.2 Å². The Morgan fingerprint density at radius 2 is 1.68 bits per heavy atom. The number of aromatic nitrogens is 3. The van der Waals surface area contributed by atoms with Crippen molar-refractivity contribution in [1.29, 1.82) is 0 Å². The van der Waals surface area contributed by atoms with E-state index >= 15 is 0 Å². The predicted octanol–water partition coefficient (Wildman–Crippen LogP) is 5.04. The highest BCUT2D eigenvalue weighted by Crippen LogP contribution is 2.33. The first kappa shape index (κ1) is 17.7. The lowest BCUT2D eigenvalue weighted by atomic mass is 10.0. The molecular formula is C20H14F3N5.